The van der Waals surface area contributed by atoms with Gasteiger partial charge in [0, 0.05) is 12.6 Å². The van der Waals surface area contributed by atoms with Crippen LogP contribution in [0.3, 0.4) is 0 Å². The maximum absolute atomic E-state index is 9.75. The van der Waals surface area contributed by atoms with E-state index in [1.165, 1.54) is 63.7 Å². The van der Waals surface area contributed by atoms with Crippen molar-refractivity contribution in [1.82, 2.24) is 15.1 Å². The van der Waals surface area contributed by atoms with Crippen LogP contribution in [0, 0.1) is 0 Å². The molecule has 0 radical (unpaired) electrons. The molecule has 2 N–H and O–H groups in total. The molecule has 0 aliphatic carbocycles. The van der Waals surface area contributed by atoms with Gasteiger partial charge in [-0.15, -0.1) is 0 Å². The maximum atomic E-state index is 9.75. The van der Waals surface area contributed by atoms with Gasteiger partial charge in [-0.1, -0.05) is 18.6 Å². The summed E-state index contributed by atoms with van der Waals surface area (Å²) >= 11 is 0. The molecule has 4 heteroatoms. The van der Waals surface area contributed by atoms with Crippen molar-refractivity contribution >= 4 is 0 Å². The summed E-state index contributed by atoms with van der Waals surface area (Å²) in [7, 11) is 0. The molecular weight excluding hydrogens is 298 g/mol. The molecule has 2 heterocycles. The van der Waals surface area contributed by atoms with Crippen molar-refractivity contribution in [3.8, 4) is 5.75 Å². The van der Waals surface area contributed by atoms with Crippen LogP contribution in [0.2, 0.25) is 0 Å². The van der Waals surface area contributed by atoms with Gasteiger partial charge in [0.2, 0.25) is 0 Å². The zero-order chi connectivity index (χ0) is 16.6. The molecule has 0 atom stereocenters. The lowest BCUT2D eigenvalue weighted by Crippen LogP contribution is -2.44. The number of phenols is 1. The zero-order valence-corrected chi connectivity index (χ0v) is 14.9. The Kier molecular flexibility index (Phi) is 6.94. The lowest BCUT2D eigenvalue weighted by molar-refractivity contribution is 0.139. The van der Waals surface area contributed by atoms with Gasteiger partial charge in [0.05, 0.1) is 0 Å². The van der Waals surface area contributed by atoms with Crippen LogP contribution in [0.4, 0.5) is 0 Å². The number of aromatic hydroxyl groups is 1. The van der Waals surface area contributed by atoms with Crippen molar-refractivity contribution in [3.63, 3.8) is 0 Å². The molecule has 0 aromatic heterocycles. The number of piperidine rings is 2. The van der Waals surface area contributed by atoms with Crippen LogP contribution in [-0.2, 0) is 6.54 Å². The van der Waals surface area contributed by atoms with Crippen LogP contribution in [0.15, 0.2) is 24.3 Å². The predicted octanol–water partition coefficient (Wildman–Crippen LogP) is 2.82. The third kappa shape index (κ3) is 5.47. The number of benzene rings is 1. The van der Waals surface area contributed by atoms with E-state index in [4.69, 9.17) is 0 Å². The Morgan fingerprint density at radius 2 is 1.92 bits per heavy atom. The zero-order valence-electron chi connectivity index (χ0n) is 14.9. The van der Waals surface area contributed by atoms with Gasteiger partial charge in [-0.3, -0.25) is 4.90 Å². The Morgan fingerprint density at radius 1 is 1.12 bits per heavy atom. The summed E-state index contributed by atoms with van der Waals surface area (Å²) < 4.78 is 0. The molecule has 1 aromatic carbocycles. The number of phenolic OH excluding ortho intramolecular Hbond substituents is 1. The Bertz CT molecular complexity index is 482. The van der Waals surface area contributed by atoms with Crippen molar-refractivity contribution in [3.05, 3.63) is 29.8 Å². The summed E-state index contributed by atoms with van der Waals surface area (Å²) in [6.07, 6.45) is 7.89. The van der Waals surface area contributed by atoms with E-state index in [0.29, 0.717) is 11.8 Å². The van der Waals surface area contributed by atoms with E-state index >= 15 is 0 Å². The monoisotopic (exact) mass is 331 g/mol. The number of rotatable bonds is 7. The minimum absolute atomic E-state index is 0.381. The largest absolute Gasteiger partial charge is 0.508 e. The Labute approximate surface area is 146 Å². The molecule has 3 rings (SSSR count). The molecule has 2 aliphatic rings. The quantitative estimate of drug-likeness (QED) is 0.806. The van der Waals surface area contributed by atoms with E-state index in [9.17, 15) is 5.11 Å². The fraction of sp³-hybridized carbons (Fsp3) is 0.700. The Morgan fingerprint density at radius 3 is 2.67 bits per heavy atom. The molecule has 134 valence electrons. The second kappa shape index (κ2) is 9.40. The fourth-order valence-corrected chi connectivity index (χ4v) is 4.13. The molecule has 2 aliphatic heterocycles. The summed E-state index contributed by atoms with van der Waals surface area (Å²) in [6, 6.07) is 8.44. The molecule has 0 spiro atoms. The molecule has 2 saturated heterocycles. The van der Waals surface area contributed by atoms with E-state index in [1.54, 1.807) is 6.07 Å². The van der Waals surface area contributed by atoms with Crippen LogP contribution >= 0.6 is 0 Å². The van der Waals surface area contributed by atoms with Gasteiger partial charge in [-0.25, -0.2) is 0 Å². The van der Waals surface area contributed by atoms with E-state index < -0.39 is 0 Å². The molecule has 0 saturated carbocycles. The summed E-state index contributed by atoms with van der Waals surface area (Å²) in [6.45, 7) is 8.21. The minimum Gasteiger partial charge on any atom is -0.508 e. The maximum Gasteiger partial charge on any atom is 0.115 e. The van der Waals surface area contributed by atoms with Gasteiger partial charge in [-0.2, -0.15) is 0 Å². The van der Waals surface area contributed by atoms with Gasteiger partial charge >= 0.3 is 0 Å². The molecular formula is C20H33N3O. The second-order valence-corrected chi connectivity index (χ2v) is 7.38. The molecule has 0 unspecified atom stereocenters. The first-order chi connectivity index (χ1) is 11.8. The van der Waals surface area contributed by atoms with Crippen LogP contribution in [-0.4, -0.2) is 60.2 Å². The summed E-state index contributed by atoms with van der Waals surface area (Å²) in [5.74, 6) is 0.381. The van der Waals surface area contributed by atoms with Crippen molar-refractivity contribution < 1.29 is 5.11 Å². The minimum atomic E-state index is 0.381. The van der Waals surface area contributed by atoms with E-state index in [2.05, 4.69) is 21.2 Å². The van der Waals surface area contributed by atoms with Gasteiger partial charge in [-0.05, 0) is 89.1 Å². The smallest absolute Gasteiger partial charge is 0.115 e. The highest BCUT2D eigenvalue weighted by atomic mass is 16.3. The van der Waals surface area contributed by atoms with Crippen molar-refractivity contribution in [2.75, 3.05) is 39.3 Å². The topological polar surface area (TPSA) is 38.7 Å². The van der Waals surface area contributed by atoms with E-state index in [0.717, 1.165) is 26.2 Å². The lowest BCUT2D eigenvalue weighted by Gasteiger charge is -2.35. The van der Waals surface area contributed by atoms with E-state index in [1.807, 2.05) is 12.1 Å². The first kappa shape index (κ1) is 17.7. The molecule has 1 aromatic rings. The predicted molar refractivity (Wildman–Crippen MR) is 99.3 cm³/mol. The van der Waals surface area contributed by atoms with Crippen LogP contribution in [0.1, 0.15) is 44.1 Å². The summed E-state index contributed by atoms with van der Waals surface area (Å²) in [5.41, 5.74) is 1.23. The summed E-state index contributed by atoms with van der Waals surface area (Å²) in [5, 5.41) is 13.2. The van der Waals surface area contributed by atoms with Gasteiger partial charge in [0.25, 0.3) is 0 Å². The number of nitrogens with zero attached hydrogens (tertiary/aromatic N) is 2. The van der Waals surface area contributed by atoms with Crippen LogP contribution in [0.5, 0.6) is 5.75 Å². The Balaban J connectivity index is 1.54. The first-order valence-corrected chi connectivity index (χ1v) is 9.76. The standard InChI is InChI=1S/C20H33N3O/c24-20-7-4-6-18(16-20)17-23(19-8-10-21-11-9-19)15-5-14-22-12-2-1-3-13-22/h4,6-7,16,19,21,24H,1-3,5,8-15,17H2. The van der Waals surface area contributed by atoms with Crippen LogP contribution < -0.4 is 5.32 Å². The highest BCUT2D eigenvalue weighted by Crippen LogP contribution is 2.19. The molecule has 2 fully saturated rings. The highest BCUT2D eigenvalue weighted by molar-refractivity contribution is 5.27. The van der Waals surface area contributed by atoms with Crippen molar-refractivity contribution in [2.45, 2.75) is 51.1 Å². The number of hydrogen-bond donors (Lipinski definition) is 2. The summed E-state index contributed by atoms with van der Waals surface area (Å²) in [4.78, 5) is 5.29. The number of hydrogen-bond acceptors (Lipinski definition) is 4. The SMILES string of the molecule is Oc1cccc(CN(CCCN2CCCCC2)C2CCNCC2)c1. The van der Waals surface area contributed by atoms with Crippen molar-refractivity contribution in [1.29, 1.82) is 0 Å². The van der Waals surface area contributed by atoms with Gasteiger partial charge in [0.1, 0.15) is 5.75 Å². The Hall–Kier alpha value is -1.10. The van der Waals surface area contributed by atoms with E-state index in [-0.39, 0.29) is 0 Å². The highest BCUT2D eigenvalue weighted by Gasteiger charge is 2.21. The molecule has 0 bridgehead atoms. The lowest BCUT2D eigenvalue weighted by atomic mass is 10.0. The third-order valence-corrected chi connectivity index (χ3v) is 5.49. The third-order valence-electron chi connectivity index (χ3n) is 5.49. The number of nitrogens with one attached hydrogen (secondary N) is 1. The molecule has 0 amide bonds. The average molecular weight is 332 g/mol. The molecule has 4 nitrogen and oxygen atoms in total. The second-order valence-electron chi connectivity index (χ2n) is 7.38. The van der Waals surface area contributed by atoms with Gasteiger partial charge < -0.3 is 15.3 Å². The average Bonchev–Trinajstić information content (AvgIpc) is 2.63. The first-order valence-electron chi connectivity index (χ1n) is 9.76. The normalized spacial score (nSPS) is 20.5. The molecule has 24 heavy (non-hydrogen) atoms. The van der Waals surface area contributed by atoms with Crippen LogP contribution in [0.25, 0.3) is 0 Å². The van der Waals surface area contributed by atoms with Gasteiger partial charge in [0.15, 0.2) is 0 Å². The number of likely N-dealkylation sites (tertiary alicyclic amines) is 1. The fourth-order valence-electron chi connectivity index (χ4n) is 4.13. The van der Waals surface area contributed by atoms with Crippen molar-refractivity contribution in [2.24, 2.45) is 0 Å².